The van der Waals surface area contributed by atoms with Crippen LogP contribution in [0.5, 0.6) is 11.5 Å². The Balaban J connectivity index is 1.60. The molecule has 0 saturated carbocycles. The van der Waals surface area contributed by atoms with Gasteiger partial charge in [0.15, 0.2) is 11.5 Å². The molecule has 1 unspecified atom stereocenters. The van der Waals surface area contributed by atoms with Gasteiger partial charge in [-0.25, -0.2) is 4.98 Å². The minimum atomic E-state index is -0.627. The predicted octanol–water partition coefficient (Wildman–Crippen LogP) is 0.866. The fourth-order valence-electron chi connectivity index (χ4n) is 1.83. The summed E-state index contributed by atoms with van der Waals surface area (Å²) < 4.78 is 11.1. The van der Waals surface area contributed by atoms with Crippen LogP contribution in [0.15, 0.2) is 36.8 Å². The molecule has 0 radical (unpaired) electrons. The van der Waals surface area contributed by atoms with E-state index < -0.39 is 6.10 Å². The molecular weight excluding hydrogens is 246 g/mol. The molecular formula is C13H13N3O3. The number of ether oxygens (including phenoxy) is 2. The third kappa shape index (κ3) is 2.52. The molecule has 6 heteroatoms. The lowest BCUT2D eigenvalue weighted by Crippen LogP contribution is -2.43. The monoisotopic (exact) mass is 259 g/mol. The molecule has 98 valence electrons. The summed E-state index contributed by atoms with van der Waals surface area (Å²) in [6.07, 6.45) is 2.60. The Labute approximate surface area is 109 Å². The molecule has 1 aliphatic heterocycles. The normalized spacial score (nSPS) is 16.9. The van der Waals surface area contributed by atoms with Gasteiger partial charge in [0.2, 0.25) is 6.10 Å². The van der Waals surface area contributed by atoms with Crippen molar-refractivity contribution in [2.75, 3.05) is 6.61 Å². The first-order valence-corrected chi connectivity index (χ1v) is 5.96. The Morgan fingerprint density at radius 3 is 3.05 bits per heavy atom. The molecule has 1 atom stereocenters. The topological polar surface area (TPSA) is 76.2 Å². The van der Waals surface area contributed by atoms with Gasteiger partial charge in [0, 0.05) is 6.20 Å². The molecule has 0 aliphatic carbocycles. The van der Waals surface area contributed by atoms with E-state index in [0.717, 1.165) is 5.69 Å². The van der Waals surface area contributed by atoms with E-state index >= 15 is 0 Å². The van der Waals surface area contributed by atoms with Crippen LogP contribution < -0.4 is 14.8 Å². The molecule has 19 heavy (non-hydrogen) atoms. The summed E-state index contributed by atoms with van der Waals surface area (Å²) in [6, 6.07) is 7.30. The van der Waals surface area contributed by atoms with E-state index in [1.807, 2.05) is 18.2 Å². The Morgan fingerprint density at radius 1 is 1.42 bits per heavy atom. The maximum absolute atomic E-state index is 12.0. The van der Waals surface area contributed by atoms with Crippen molar-refractivity contribution in [3.05, 3.63) is 42.5 Å². The van der Waals surface area contributed by atoms with Crippen molar-refractivity contribution in [3.63, 3.8) is 0 Å². The van der Waals surface area contributed by atoms with E-state index in [1.54, 1.807) is 18.6 Å². The van der Waals surface area contributed by atoms with Crippen LogP contribution in [-0.4, -0.2) is 28.6 Å². The van der Waals surface area contributed by atoms with Crippen molar-refractivity contribution in [1.29, 1.82) is 0 Å². The van der Waals surface area contributed by atoms with Gasteiger partial charge in [-0.15, -0.1) is 0 Å². The van der Waals surface area contributed by atoms with Crippen molar-refractivity contribution in [1.82, 2.24) is 15.3 Å². The SMILES string of the molecule is O=C(NCc1cnc[nH]1)C1COc2ccccc2O1. The highest BCUT2D eigenvalue weighted by molar-refractivity contribution is 5.81. The molecule has 3 rings (SSSR count). The number of carbonyl (C=O) groups is 1. The molecule has 0 bridgehead atoms. The van der Waals surface area contributed by atoms with Gasteiger partial charge in [-0.2, -0.15) is 0 Å². The molecule has 0 saturated heterocycles. The summed E-state index contributed by atoms with van der Waals surface area (Å²) in [4.78, 5) is 18.7. The van der Waals surface area contributed by atoms with E-state index in [0.29, 0.717) is 18.0 Å². The van der Waals surface area contributed by atoms with Gasteiger partial charge >= 0.3 is 0 Å². The van der Waals surface area contributed by atoms with Crippen LogP contribution in [0, 0.1) is 0 Å². The van der Waals surface area contributed by atoms with Crippen molar-refractivity contribution in [2.45, 2.75) is 12.6 Å². The minimum Gasteiger partial charge on any atom is -0.485 e. The number of fused-ring (bicyclic) bond motifs is 1. The minimum absolute atomic E-state index is 0.205. The number of hydrogen-bond donors (Lipinski definition) is 2. The number of nitrogens with zero attached hydrogens (tertiary/aromatic N) is 1. The summed E-state index contributed by atoms with van der Waals surface area (Å²) in [5.74, 6) is 1.06. The quantitative estimate of drug-likeness (QED) is 0.857. The molecule has 1 aromatic carbocycles. The van der Waals surface area contributed by atoms with Crippen LogP contribution in [0.4, 0.5) is 0 Å². The fourth-order valence-corrected chi connectivity index (χ4v) is 1.83. The van der Waals surface area contributed by atoms with Gasteiger partial charge in [0.1, 0.15) is 6.61 Å². The van der Waals surface area contributed by atoms with Crippen molar-refractivity contribution in [2.24, 2.45) is 0 Å². The largest absolute Gasteiger partial charge is 0.485 e. The average molecular weight is 259 g/mol. The van der Waals surface area contributed by atoms with Gasteiger partial charge in [-0.05, 0) is 12.1 Å². The van der Waals surface area contributed by atoms with E-state index in [2.05, 4.69) is 15.3 Å². The second-order valence-electron chi connectivity index (χ2n) is 4.16. The maximum Gasteiger partial charge on any atom is 0.265 e. The number of aromatic nitrogens is 2. The van der Waals surface area contributed by atoms with E-state index in [1.165, 1.54) is 0 Å². The second-order valence-corrected chi connectivity index (χ2v) is 4.16. The summed E-state index contributed by atoms with van der Waals surface area (Å²) in [5.41, 5.74) is 0.838. The van der Waals surface area contributed by atoms with Crippen LogP contribution in [0.25, 0.3) is 0 Å². The van der Waals surface area contributed by atoms with Gasteiger partial charge in [0.05, 0.1) is 18.6 Å². The Morgan fingerprint density at radius 2 is 2.26 bits per heavy atom. The molecule has 6 nitrogen and oxygen atoms in total. The third-order valence-corrected chi connectivity index (χ3v) is 2.81. The Kier molecular flexibility index (Phi) is 3.06. The van der Waals surface area contributed by atoms with Gasteiger partial charge in [0.25, 0.3) is 5.91 Å². The number of nitrogens with one attached hydrogen (secondary N) is 2. The van der Waals surface area contributed by atoms with Crippen molar-refractivity contribution in [3.8, 4) is 11.5 Å². The molecule has 1 amide bonds. The molecule has 1 aliphatic rings. The summed E-state index contributed by atoms with van der Waals surface area (Å²) in [5, 5.41) is 2.77. The highest BCUT2D eigenvalue weighted by atomic mass is 16.6. The second kappa shape index (κ2) is 5.01. The van der Waals surface area contributed by atoms with Gasteiger partial charge < -0.3 is 19.8 Å². The molecule has 0 spiro atoms. The zero-order chi connectivity index (χ0) is 13.1. The Hall–Kier alpha value is -2.50. The predicted molar refractivity (Wildman–Crippen MR) is 66.8 cm³/mol. The third-order valence-electron chi connectivity index (χ3n) is 2.81. The highest BCUT2D eigenvalue weighted by Gasteiger charge is 2.26. The van der Waals surface area contributed by atoms with E-state index in [9.17, 15) is 4.79 Å². The fraction of sp³-hybridized carbons (Fsp3) is 0.231. The van der Waals surface area contributed by atoms with E-state index in [4.69, 9.17) is 9.47 Å². The zero-order valence-corrected chi connectivity index (χ0v) is 10.1. The molecule has 1 aromatic heterocycles. The number of carbonyl (C=O) groups excluding carboxylic acids is 1. The zero-order valence-electron chi connectivity index (χ0n) is 10.1. The highest BCUT2D eigenvalue weighted by Crippen LogP contribution is 2.30. The molecule has 2 heterocycles. The number of H-pyrrole nitrogens is 1. The van der Waals surface area contributed by atoms with Crippen LogP contribution >= 0.6 is 0 Å². The summed E-state index contributed by atoms with van der Waals surface area (Å²) in [7, 11) is 0. The van der Waals surface area contributed by atoms with Gasteiger partial charge in [-0.3, -0.25) is 4.79 Å². The maximum atomic E-state index is 12.0. The number of benzene rings is 1. The van der Waals surface area contributed by atoms with Crippen LogP contribution in [-0.2, 0) is 11.3 Å². The number of hydrogen-bond acceptors (Lipinski definition) is 4. The average Bonchev–Trinajstić information content (AvgIpc) is 2.97. The van der Waals surface area contributed by atoms with Crippen LogP contribution in [0.3, 0.4) is 0 Å². The standard InChI is InChI=1S/C13H13N3O3/c17-13(15-6-9-5-14-8-16-9)12-7-18-10-3-1-2-4-11(10)19-12/h1-5,8,12H,6-7H2,(H,14,16)(H,15,17). The number of rotatable bonds is 3. The first-order chi connectivity index (χ1) is 9.33. The lowest BCUT2D eigenvalue weighted by molar-refractivity contribution is -0.130. The summed E-state index contributed by atoms with van der Waals surface area (Å²) >= 11 is 0. The summed E-state index contributed by atoms with van der Waals surface area (Å²) in [6.45, 7) is 0.603. The lowest BCUT2D eigenvalue weighted by Gasteiger charge is -2.25. The molecule has 2 aromatic rings. The Bertz CT molecular complexity index is 568. The number of imidazole rings is 1. The van der Waals surface area contributed by atoms with Crippen molar-refractivity contribution >= 4 is 5.91 Å². The van der Waals surface area contributed by atoms with Gasteiger partial charge in [-0.1, -0.05) is 12.1 Å². The van der Waals surface area contributed by atoms with Crippen LogP contribution in [0.2, 0.25) is 0 Å². The van der Waals surface area contributed by atoms with Crippen molar-refractivity contribution < 1.29 is 14.3 Å². The molecule has 2 N–H and O–H groups in total. The number of aromatic amines is 1. The lowest BCUT2D eigenvalue weighted by atomic mass is 10.2. The van der Waals surface area contributed by atoms with E-state index in [-0.39, 0.29) is 12.5 Å². The first-order valence-electron chi connectivity index (χ1n) is 5.96. The smallest absolute Gasteiger partial charge is 0.265 e. The number of para-hydroxylation sites is 2. The van der Waals surface area contributed by atoms with Crippen LogP contribution in [0.1, 0.15) is 5.69 Å². The molecule has 0 fully saturated rings. The first kappa shape index (κ1) is 11.6. The number of amides is 1.